The average molecular weight is 296 g/mol. The summed E-state index contributed by atoms with van der Waals surface area (Å²) in [5.41, 5.74) is 0.0377. The molecule has 1 atom stereocenters. The Morgan fingerprint density at radius 2 is 1.91 bits per heavy atom. The first-order valence-electron chi connectivity index (χ1n) is 7.76. The number of methoxy groups -OCH3 is 1. The molecule has 1 aliphatic rings. The summed E-state index contributed by atoms with van der Waals surface area (Å²) in [6.45, 7) is 0. The number of ketones is 1. The van der Waals surface area contributed by atoms with Crippen LogP contribution in [0.25, 0.3) is 10.8 Å². The predicted molar refractivity (Wildman–Crippen MR) is 85.6 cm³/mol. The van der Waals surface area contributed by atoms with Crippen LogP contribution in [0.15, 0.2) is 42.5 Å². The molecule has 0 radical (unpaired) electrons. The molecule has 22 heavy (non-hydrogen) atoms. The minimum atomic E-state index is -1.00. The Labute approximate surface area is 130 Å². The van der Waals surface area contributed by atoms with Gasteiger partial charge in [0.25, 0.3) is 0 Å². The Kier molecular flexibility index (Phi) is 3.97. The van der Waals surface area contributed by atoms with Gasteiger partial charge in [-0.2, -0.15) is 0 Å². The second kappa shape index (κ2) is 5.91. The molecule has 114 valence electrons. The van der Waals surface area contributed by atoms with Crippen LogP contribution in [0.5, 0.6) is 0 Å². The summed E-state index contributed by atoms with van der Waals surface area (Å²) >= 11 is 0. The molecule has 0 amide bonds. The predicted octanol–water partition coefficient (Wildman–Crippen LogP) is 3.68. The minimum absolute atomic E-state index is 0.0264. The third-order valence-corrected chi connectivity index (χ3v) is 4.74. The Bertz CT molecular complexity index is 704. The highest BCUT2D eigenvalue weighted by atomic mass is 16.5. The number of hydrogen-bond acceptors (Lipinski definition) is 3. The molecule has 3 heteroatoms. The van der Waals surface area contributed by atoms with Crippen molar-refractivity contribution in [1.82, 2.24) is 0 Å². The SMILES string of the molecule is COC(=O)C1(Cc2cccc3ccccc23)CCCCC1=O. The molecule has 1 saturated carbocycles. The number of ether oxygens (including phenoxy) is 1. The van der Waals surface area contributed by atoms with Gasteiger partial charge in [-0.1, -0.05) is 48.9 Å². The molecule has 0 aliphatic heterocycles. The van der Waals surface area contributed by atoms with E-state index in [4.69, 9.17) is 4.74 Å². The number of fused-ring (bicyclic) bond motifs is 1. The van der Waals surface area contributed by atoms with Gasteiger partial charge in [0.05, 0.1) is 7.11 Å². The van der Waals surface area contributed by atoms with Gasteiger partial charge < -0.3 is 4.74 Å². The van der Waals surface area contributed by atoms with Crippen LogP contribution in [0.3, 0.4) is 0 Å². The summed E-state index contributed by atoms with van der Waals surface area (Å²) in [5.74, 6) is -0.358. The Balaban J connectivity index is 2.06. The summed E-state index contributed by atoms with van der Waals surface area (Å²) in [6.07, 6.45) is 3.25. The summed E-state index contributed by atoms with van der Waals surface area (Å²) < 4.78 is 4.99. The fourth-order valence-corrected chi connectivity index (χ4v) is 3.53. The van der Waals surface area contributed by atoms with Crippen LogP contribution in [0.4, 0.5) is 0 Å². The Hall–Kier alpha value is -2.16. The molecule has 3 rings (SSSR count). The molecule has 0 N–H and O–H groups in total. The van der Waals surface area contributed by atoms with Crippen LogP contribution in [0, 0.1) is 5.41 Å². The van der Waals surface area contributed by atoms with Crippen molar-refractivity contribution < 1.29 is 14.3 Å². The maximum atomic E-state index is 12.6. The molecular formula is C19H20O3. The highest BCUT2D eigenvalue weighted by Crippen LogP contribution is 2.39. The lowest BCUT2D eigenvalue weighted by molar-refractivity contribution is -0.160. The quantitative estimate of drug-likeness (QED) is 0.641. The zero-order chi connectivity index (χ0) is 15.6. The number of carbonyl (C=O) groups excluding carboxylic acids is 2. The summed E-state index contributed by atoms with van der Waals surface area (Å²) in [6, 6.07) is 14.1. The highest BCUT2D eigenvalue weighted by Gasteiger charge is 2.47. The zero-order valence-electron chi connectivity index (χ0n) is 12.8. The third-order valence-electron chi connectivity index (χ3n) is 4.74. The summed E-state index contributed by atoms with van der Waals surface area (Å²) in [7, 11) is 1.37. The van der Waals surface area contributed by atoms with E-state index >= 15 is 0 Å². The number of Topliss-reactive ketones (excluding diaryl/α,β-unsaturated/α-hetero) is 1. The molecule has 1 unspecified atom stereocenters. The van der Waals surface area contributed by atoms with Crippen LogP contribution in [-0.4, -0.2) is 18.9 Å². The second-order valence-electron chi connectivity index (χ2n) is 6.02. The lowest BCUT2D eigenvalue weighted by atomic mass is 9.69. The normalized spacial score (nSPS) is 21.8. The van der Waals surface area contributed by atoms with Crippen molar-refractivity contribution in [1.29, 1.82) is 0 Å². The molecule has 2 aromatic rings. The Morgan fingerprint density at radius 3 is 2.68 bits per heavy atom. The van der Waals surface area contributed by atoms with Crippen molar-refractivity contribution in [2.45, 2.75) is 32.1 Å². The van der Waals surface area contributed by atoms with E-state index in [1.807, 2.05) is 42.5 Å². The first kappa shape index (κ1) is 14.8. The molecule has 3 nitrogen and oxygen atoms in total. The van der Waals surface area contributed by atoms with E-state index in [0.29, 0.717) is 19.3 Å². The molecule has 0 spiro atoms. The summed E-state index contributed by atoms with van der Waals surface area (Å²) in [4.78, 5) is 25.0. The van der Waals surface area contributed by atoms with Gasteiger partial charge in [-0.25, -0.2) is 0 Å². The van der Waals surface area contributed by atoms with Gasteiger partial charge in [0.1, 0.15) is 5.41 Å². The van der Waals surface area contributed by atoms with Gasteiger partial charge in [0, 0.05) is 6.42 Å². The standard InChI is InChI=1S/C19H20O3/c1-22-18(21)19(12-5-4-11-17(19)20)13-15-9-6-8-14-7-2-3-10-16(14)15/h2-3,6-10H,4-5,11-13H2,1H3. The molecule has 0 aromatic heterocycles. The van der Waals surface area contributed by atoms with E-state index in [0.717, 1.165) is 29.2 Å². The molecule has 1 fully saturated rings. The largest absolute Gasteiger partial charge is 0.468 e. The monoisotopic (exact) mass is 296 g/mol. The first-order chi connectivity index (χ1) is 10.7. The van der Waals surface area contributed by atoms with Crippen molar-refractivity contribution in [3.05, 3.63) is 48.0 Å². The highest BCUT2D eigenvalue weighted by molar-refractivity contribution is 6.05. The van der Waals surface area contributed by atoms with Crippen molar-refractivity contribution >= 4 is 22.5 Å². The third kappa shape index (κ3) is 2.41. The van der Waals surface area contributed by atoms with Crippen molar-refractivity contribution in [2.75, 3.05) is 7.11 Å². The minimum Gasteiger partial charge on any atom is -0.468 e. The smallest absolute Gasteiger partial charge is 0.319 e. The first-order valence-corrected chi connectivity index (χ1v) is 7.76. The van der Waals surface area contributed by atoms with E-state index in [-0.39, 0.29) is 11.8 Å². The fraction of sp³-hybridized carbons (Fsp3) is 0.368. The molecule has 0 bridgehead atoms. The van der Waals surface area contributed by atoms with Gasteiger partial charge in [-0.3, -0.25) is 9.59 Å². The number of carbonyl (C=O) groups is 2. The molecule has 0 heterocycles. The number of hydrogen-bond donors (Lipinski definition) is 0. The van der Waals surface area contributed by atoms with Crippen LogP contribution >= 0.6 is 0 Å². The van der Waals surface area contributed by atoms with Crippen molar-refractivity contribution in [3.8, 4) is 0 Å². The van der Waals surface area contributed by atoms with Gasteiger partial charge in [0.2, 0.25) is 0 Å². The number of esters is 1. The van der Waals surface area contributed by atoms with Crippen LogP contribution in [0.2, 0.25) is 0 Å². The topological polar surface area (TPSA) is 43.4 Å². The maximum Gasteiger partial charge on any atom is 0.319 e. The van der Waals surface area contributed by atoms with Crippen LogP contribution in [0.1, 0.15) is 31.2 Å². The van der Waals surface area contributed by atoms with E-state index < -0.39 is 5.41 Å². The number of rotatable bonds is 3. The summed E-state index contributed by atoms with van der Waals surface area (Å²) in [5, 5.41) is 2.23. The lowest BCUT2D eigenvalue weighted by Crippen LogP contribution is -2.44. The molecule has 1 aliphatic carbocycles. The molecule has 2 aromatic carbocycles. The fourth-order valence-electron chi connectivity index (χ4n) is 3.53. The second-order valence-corrected chi connectivity index (χ2v) is 6.02. The van der Waals surface area contributed by atoms with Crippen molar-refractivity contribution in [2.24, 2.45) is 5.41 Å². The van der Waals surface area contributed by atoms with Gasteiger partial charge in [-0.05, 0) is 35.6 Å². The molecular weight excluding hydrogens is 276 g/mol. The number of benzene rings is 2. The van der Waals surface area contributed by atoms with Gasteiger partial charge in [0.15, 0.2) is 5.78 Å². The van der Waals surface area contributed by atoms with E-state index in [2.05, 4.69) is 0 Å². The van der Waals surface area contributed by atoms with Crippen LogP contribution < -0.4 is 0 Å². The zero-order valence-corrected chi connectivity index (χ0v) is 12.8. The van der Waals surface area contributed by atoms with Crippen molar-refractivity contribution in [3.63, 3.8) is 0 Å². The van der Waals surface area contributed by atoms with Gasteiger partial charge in [-0.15, -0.1) is 0 Å². The van der Waals surface area contributed by atoms with Gasteiger partial charge >= 0.3 is 5.97 Å². The van der Waals surface area contributed by atoms with Crippen LogP contribution in [-0.2, 0) is 20.7 Å². The van der Waals surface area contributed by atoms with E-state index in [1.54, 1.807) is 0 Å². The van der Waals surface area contributed by atoms with E-state index in [1.165, 1.54) is 7.11 Å². The van der Waals surface area contributed by atoms with E-state index in [9.17, 15) is 9.59 Å². The average Bonchev–Trinajstić information content (AvgIpc) is 2.56. The Morgan fingerprint density at radius 1 is 1.14 bits per heavy atom. The molecule has 0 saturated heterocycles. The lowest BCUT2D eigenvalue weighted by Gasteiger charge is -2.33. The maximum absolute atomic E-state index is 12.6.